The van der Waals surface area contributed by atoms with Crippen molar-refractivity contribution in [3.8, 4) is 0 Å². The molecule has 0 aliphatic carbocycles. The fourth-order valence-corrected chi connectivity index (χ4v) is 3.06. The van der Waals surface area contributed by atoms with Gasteiger partial charge in [-0.1, -0.05) is 32.0 Å². The summed E-state index contributed by atoms with van der Waals surface area (Å²) in [6.07, 6.45) is 5.62. The van der Waals surface area contributed by atoms with Crippen molar-refractivity contribution in [1.29, 1.82) is 0 Å². The molecule has 1 atom stereocenters. The Kier molecular flexibility index (Phi) is 4.42. The van der Waals surface area contributed by atoms with E-state index in [-0.39, 0.29) is 11.9 Å². The van der Waals surface area contributed by atoms with Crippen molar-refractivity contribution in [2.24, 2.45) is 0 Å². The van der Waals surface area contributed by atoms with Gasteiger partial charge in [0.1, 0.15) is 5.70 Å². The average Bonchev–Trinajstić information content (AvgIpc) is 3.08. The number of hydrogen-bond acceptors (Lipinski definition) is 2. The summed E-state index contributed by atoms with van der Waals surface area (Å²) in [5.41, 5.74) is 2.44. The Labute approximate surface area is 141 Å². The molecule has 0 spiro atoms. The Balaban J connectivity index is 2.05. The van der Waals surface area contributed by atoms with Crippen LogP contribution in [0, 0.1) is 0 Å². The molecule has 126 valence electrons. The highest BCUT2D eigenvalue weighted by molar-refractivity contribution is 6.14. The highest BCUT2D eigenvalue weighted by atomic mass is 16.2. The molecule has 1 aromatic heterocycles. The molecule has 0 unspecified atom stereocenters. The van der Waals surface area contributed by atoms with Crippen LogP contribution in [0.1, 0.15) is 45.2 Å². The number of urea groups is 1. The zero-order valence-corrected chi connectivity index (χ0v) is 14.4. The number of aromatic nitrogens is 1. The molecule has 3 amide bonds. The maximum Gasteiger partial charge on any atom is 0.329 e. The van der Waals surface area contributed by atoms with Gasteiger partial charge < -0.3 is 9.88 Å². The molecule has 1 N–H and O–H groups in total. The quantitative estimate of drug-likeness (QED) is 0.669. The van der Waals surface area contributed by atoms with Gasteiger partial charge in [0.05, 0.1) is 0 Å². The predicted octanol–water partition coefficient (Wildman–Crippen LogP) is 3.92. The average molecular weight is 325 g/mol. The van der Waals surface area contributed by atoms with Crippen LogP contribution in [0.15, 0.2) is 36.2 Å². The van der Waals surface area contributed by atoms with E-state index in [2.05, 4.69) is 36.0 Å². The fraction of sp³-hybridized carbons (Fsp3) is 0.368. The lowest BCUT2D eigenvalue weighted by Crippen LogP contribution is -2.31. The van der Waals surface area contributed by atoms with E-state index < -0.39 is 0 Å². The van der Waals surface area contributed by atoms with Gasteiger partial charge in [-0.25, -0.2) is 4.79 Å². The SMILES string of the molecule is CCCN1C(=O)N/C(=C/c2cn([C@@H](C)CC)c3ccccc23)C1=O. The number of imide groups is 1. The number of benzene rings is 1. The van der Waals surface area contributed by atoms with Crippen LogP contribution >= 0.6 is 0 Å². The second kappa shape index (κ2) is 6.51. The first-order valence-corrected chi connectivity index (χ1v) is 8.50. The Morgan fingerprint density at radius 3 is 2.67 bits per heavy atom. The Morgan fingerprint density at radius 1 is 1.21 bits per heavy atom. The zero-order chi connectivity index (χ0) is 17.3. The van der Waals surface area contributed by atoms with Gasteiger partial charge in [-0.05, 0) is 31.9 Å². The lowest BCUT2D eigenvalue weighted by Gasteiger charge is -2.12. The van der Waals surface area contributed by atoms with E-state index in [1.807, 2.05) is 25.1 Å². The van der Waals surface area contributed by atoms with Gasteiger partial charge in [0.25, 0.3) is 5.91 Å². The maximum absolute atomic E-state index is 12.4. The van der Waals surface area contributed by atoms with E-state index in [0.717, 1.165) is 29.3 Å². The highest BCUT2D eigenvalue weighted by Crippen LogP contribution is 2.28. The molecule has 1 saturated heterocycles. The minimum atomic E-state index is -0.334. The first kappa shape index (κ1) is 16.3. The van der Waals surface area contributed by atoms with Crippen molar-refractivity contribution in [2.45, 2.75) is 39.7 Å². The van der Waals surface area contributed by atoms with E-state index in [4.69, 9.17) is 0 Å². The Morgan fingerprint density at radius 2 is 1.96 bits per heavy atom. The van der Waals surface area contributed by atoms with Crippen LogP contribution in [0.4, 0.5) is 4.79 Å². The molecule has 1 fully saturated rings. The van der Waals surface area contributed by atoms with Gasteiger partial charge in [0.15, 0.2) is 0 Å². The standard InChI is InChI=1S/C19H23N3O2/c1-4-10-21-18(23)16(20-19(21)24)11-14-12-22(13(3)5-2)17-9-7-6-8-15(14)17/h6-9,11-13H,4-5,10H2,1-3H3,(H,20,24)/b16-11+/t13-/m0/s1. The van der Waals surface area contributed by atoms with Crippen LogP contribution < -0.4 is 5.32 Å². The molecule has 3 rings (SSSR count). The molecule has 1 aliphatic heterocycles. The molecule has 2 aromatic rings. The van der Waals surface area contributed by atoms with E-state index in [1.165, 1.54) is 4.90 Å². The first-order valence-electron chi connectivity index (χ1n) is 8.50. The number of nitrogens with one attached hydrogen (secondary N) is 1. The van der Waals surface area contributed by atoms with E-state index in [9.17, 15) is 9.59 Å². The number of carbonyl (C=O) groups excluding carboxylic acids is 2. The number of rotatable bonds is 5. The van der Waals surface area contributed by atoms with Gasteiger partial charge in [-0.3, -0.25) is 9.69 Å². The minimum absolute atomic E-state index is 0.248. The first-order chi connectivity index (χ1) is 11.6. The lowest BCUT2D eigenvalue weighted by atomic mass is 10.1. The molecule has 2 heterocycles. The molecular weight excluding hydrogens is 302 g/mol. The molecule has 1 aliphatic rings. The summed E-state index contributed by atoms with van der Waals surface area (Å²) < 4.78 is 2.23. The smallest absolute Gasteiger partial charge is 0.329 e. The normalized spacial score (nSPS) is 17.8. The Hall–Kier alpha value is -2.56. The second-order valence-corrected chi connectivity index (χ2v) is 6.21. The topological polar surface area (TPSA) is 54.3 Å². The number of hydrogen-bond donors (Lipinski definition) is 1. The summed E-state index contributed by atoms with van der Waals surface area (Å²) in [4.78, 5) is 25.6. The lowest BCUT2D eigenvalue weighted by molar-refractivity contribution is -0.122. The summed E-state index contributed by atoms with van der Waals surface area (Å²) >= 11 is 0. The van der Waals surface area contributed by atoms with Gasteiger partial charge in [-0.2, -0.15) is 0 Å². The summed E-state index contributed by atoms with van der Waals surface area (Å²) in [7, 11) is 0. The van der Waals surface area contributed by atoms with Gasteiger partial charge in [-0.15, -0.1) is 0 Å². The largest absolute Gasteiger partial charge is 0.344 e. The number of nitrogens with zero attached hydrogens (tertiary/aromatic N) is 2. The molecule has 0 bridgehead atoms. The fourth-order valence-electron chi connectivity index (χ4n) is 3.06. The summed E-state index contributed by atoms with van der Waals surface area (Å²) in [5.74, 6) is -0.248. The van der Waals surface area contributed by atoms with Crippen LogP contribution in [0.3, 0.4) is 0 Å². The third-order valence-corrected chi connectivity index (χ3v) is 4.55. The third-order valence-electron chi connectivity index (χ3n) is 4.55. The van der Waals surface area contributed by atoms with E-state index >= 15 is 0 Å². The van der Waals surface area contributed by atoms with Crippen molar-refractivity contribution in [1.82, 2.24) is 14.8 Å². The van der Waals surface area contributed by atoms with Crippen molar-refractivity contribution in [3.05, 3.63) is 41.7 Å². The molecule has 1 aromatic carbocycles. The monoisotopic (exact) mass is 325 g/mol. The molecule has 0 radical (unpaired) electrons. The van der Waals surface area contributed by atoms with Crippen LogP contribution in [0.25, 0.3) is 17.0 Å². The number of fused-ring (bicyclic) bond motifs is 1. The van der Waals surface area contributed by atoms with Crippen molar-refractivity contribution >= 4 is 28.9 Å². The van der Waals surface area contributed by atoms with Crippen LogP contribution in [-0.2, 0) is 4.79 Å². The van der Waals surface area contributed by atoms with Crippen LogP contribution in [0.2, 0.25) is 0 Å². The predicted molar refractivity (Wildman–Crippen MR) is 95.5 cm³/mol. The maximum atomic E-state index is 12.4. The van der Waals surface area contributed by atoms with Gasteiger partial charge in [0, 0.05) is 35.2 Å². The third kappa shape index (κ3) is 2.70. The van der Waals surface area contributed by atoms with Crippen molar-refractivity contribution < 1.29 is 9.59 Å². The summed E-state index contributed by atoms with van der Waals surface area (Å²) in [6, 6.07) is 8.17. The number of amides is 3. The molecular formula is C19H23N3O2. The highest BCUT2D eigenvalue weighted by Gasteiger charge is 2.32. The molecule has 5 nitrogen and oxygen atoms in total. The number of carbonyl (C=O) groups is 2. The molecule has 5 heteroatoms. The van der Waals surface area contributed by atoms with E-state index in [1.54, 1.807) is 6.08 Å². The minimum Gasteiger partial charge on any atom is -0.344 e. The van der Waals surface area contributed by atoms with Crippen LogP contribution in [0.5, 0.6) is 0 Å². The molecule has 24 heavy (non-hydrogen) atoms. The Bertz CT molecular complexity index is 819. The zero-order valence-electron chi connectivity index (χ0n) is 14.4. The second-order valence-electron chi connectivity index (χ2n) is 6.21. The van der Waals surface area contributed by atoms with E-state index in [0.29, 0.717) is 18.3 Å². The summed E-state index contributed by atoms with van der Waals surface area (Å²) in [5, 5.41) is 3.78. The van der Waals surface area contributed by atoms with Crippen molar-refractivity contribution in [2.75, 3.05) is 6.54 Å². The summed E-state index contributed by atoms with van der Waals surface area (Å²) in [6.45, 7) is 6.72. The van der Waals surface area contributed by atoms with Gasteiger partial charge in [0.2, 0.25) is 0 Å². The molecule has 0 saturated carbocycles. The van der Waals surface area contributed by atoms with Gasteiger partial charge >= 0.3 is 6.03 Å². The van der Waals surface area contributed by atoms with Crippen LogP contribution in [-0.4, -0.2) is 28.0 Å². The van der Waals surface area contributed by atoms with Crippen molar-refractivity contribution in [3.63, 3.8) is 0 Å². The number of para-hydroxylation sites is 1.